The van der Waals surface area contributed by atoms with Gasteiger partial charge in [-0.1, -0.05) is 30.3 Å². The zero-order valence-electron chi connectivity index (χ0n) is 15.1. The van der Waals surface area contributed by atoms with Crippen molar-refractivity contribution in [2.45, 2.75) is 38.8 Å². The number of piperazine rings is 1. The second-order valence-corrected chi connectivity index (χ2v) is 7.74. The number of nitrogens with zero attached hydrogens (tertiary/aromatic N) is 3. The molecule has 0 aliphatic carbocycles. The molecule has 2 aliphatic rings. The van der Waals surface area contributed by atoms with Gasteiger partial charge in [0.15, 0.2) is 0 Å². The Morgan fingerprint density at radius 3 is 2.35 bits per heavy atom. The lowest BCUT2D eigenvalue weighted by atomic mass is 9.94. The number of likely N-dealkylation sites (tertiary alicyclic amines) is 1. The molecule has 0 bridgehead atoms. The molecule has 1 aromatic carbocycles. The molecule has 2 aliphatic heterocycles. The van der Waals surface area contributed by atoms with Crippen LogP contribution in [-0.4, -0.2) is 67.1 Å². The maximum Gasteiger partial charge on any atom is 0.0472 e. The van der Waals surface area contributed by atoms with Crippen LogP contribution in [0.1, 0.15) is 38.3 Å². The minimum absolute atomic E-state index is 0.556. The molecule has 0 spiro atoms. The fourth-order valence-electron chi connectivity index (χ4n) is 4.15. The Hall–Kier alpha value is -0.900. The van der Waals surface area contributed by atoms with Gasteiger partial charge in [0.05, 0.1) is 0 Å². The van der Waals surface area contributed by atoms with Crippen LogP contribution in [0.5, 0.6) is 0 Å². The highest BCUT2D eigenvalue weighted by Gasteiger charge is 2.28. The fourth-order valence-corrected chi connectivity index (χ4v) is 4.15. The maximum absolute atomic E-state index is 2.72. The second kappa shape index (κ2) is 7.78. The van der Waals surface area contributed by atoms with E-state index in [1.807, 2.05) is 0 Å². The summed E-state index contributed by atoms with van der Waals surface area (Å²) >= 11 is 0. The SMILES string of the molecule is CC(C)N1CCC(CN2CCN(C)C(c3ccccc3)C2)CC1. The van der Waals surface area contributed by atoms with Crippen LogP contribution in [-0.2, 0) is 0 Å². The van der Waals surface area contributed by atoms with Crippen LogP contribution >= 0.6 is 0 Å². The molecule has 0 saturated carbocycles. The molecule has 0 amide bonds. The minimum Gasteiger partial charge on any atom is -0.301 e. The van der Waals surface area contributed by atoms with Gasteiger partial charge >= 0.3 is 0 Å². The zero-order valence-corrected chi connectivity index (χ0v) is 15.1. The summed E-state index contributed by atoms with van der Waals surface area (Å²) in [6.45, 7) is 12.1. The lowest BCUT2D eigenvalue weighted by Crippen LogP contribution is -2.49. The Morgan fingerprint density at radius 1 is 1.00 bits per heavy atom. The normalized spacial score (nSPS) is 26.0. The highest BCUT2D eigenvalue weighted by atomic mass is 15.3. The number of hydrogen-bond acceptors (Lipinski definition) is 3. The molecule has 1 unspecified atom stereocenters. The minimum atomic E-state index is 0.556. The van der Waals surface area contributed by atoms with Crippen molar-refractivity contribution in [2.24, 2.45) is 5.92 Å². The quantitative estimate of drug-likeness (QED) is 0.845. The van der Waals surface area contributed by atoms with Crippen LogP contribution < -0.4 is 0 Å². The Morgan fingerprint density at radius 2 is 1.70 bits per heavy atom. The molecule has 0 radical (unpaired) electrons. The van der Waals surface area contributed by atoms with E-state index in [4.69, 9.17) is 0 Å². The van der Waals surface area contributed by atoms with E-state index in [-0.39, 0.29) is 0 Å². The van der Waals surface area contributed by atoms with E-state index in [2.05, 4.69) is 65.9 Å². The Kier molecular flexibility index (Phi) is 5.73. The van der Waals surface area contributed by atoms with Gasteiger partial charge in [0, 0.05) is 38.3 Å². The van der Waals surface area contributed by atoms with Crippen molar-refractivity contribution in [3.05, 3.63) is 35.9 Å². The summed E-state index contributed by atoms with van der Waals surface area (Å²) in [6, 6.07) is 12.3. The van der Waals surface area contributed by atoms with Gasteiger partial charge in [0.25, 0.3) is 0 Å². The predicted molar refractivity (Wildman–Crippen MR) is 97.7 cm³/mol. The summed E-state index contributed by atoms with van der Waals surface area (Å²) in [6.07, 6.45) is 2.75. The van der Waals surface area contributed by atoms with Crippen molar-refractivity contribution in [1.82, 2.24) is 14.7 Å². The van der Waals surface area contributed by atoms with E-state index in [9.17, 15) is 0 Å². The first-order chi connectivity index (χ1) is 11.1. The average Bonchev–Trinajstić information content (AvgIpc) is 2.58. The molecule has 128 valence electrons. The fraction of sp³-hybridized carbons (Fsp3) is 0.700. The first-order valence-electron chi connectivity index (χ1n) is 9.35. The Labute approximate surface area is 142 Å². The van der Waals surface area contributed by atoms with Crippen molar-refractivity contribution in [1.29, 1.82) is 0 Å². The molecule has 2 fully saturated rings. The molecule has 1 aromatic rings. The van der Waals surface area contributed by atoms with Crippen molar-refractivity contribution in [3.8, 4) is 0 Å². The van der Waals surface area contributed by atoms with Gasteiger partial charge in [-0.05, 0) is 58.3 Å². The van der Waals surface area contributed by atoms with E-state index in [1.165, 1.54) is 57.7 Å². The summed E-state index contributed by atoms with van der Waals surface area (Å²) < 4.78 is 0. The van der Waals surface area contributed by atoms with Crippen molar-refractivity contribution < 1.29 is 0 Å². The third-order valence-electron chi connectivity index (χ3n) is 5.81. The molecular formula is C20H33N3. The van der Waals surface area contributed by atoms with Crippen LogP contribution in [0.4, 0.5) is 0 Å². The van der Waals surface area contributed by atoms with Crippen molar-refractivity contribution in [3.63, 3.8) is 0 Å². The summed E-state index contributed by atoms with van der Waals surface area (Å²) in [7, 11) is 2.27. The van der Waals surface area contributed by atoms with E-state index in [0.717, 1.165) is 5.92 Å². The maximum atomic E-state index is 2.72. The van der Waals surface area contributed by atoms with Crippen LogP contribution in [0.3, 0.4) is 0 Å². The molecule has 3 rings (SSSR count). The topological polar surface area (TPSA) is 9.72 Å². The van der Waals surface area contributed by atoms with Gasteiger partial charge in [0.2, 0.25) is 0 Å². The highest BCUT2D eigenvalue weighted by Crippen LogP contribution is 2.26. The van der Waals surface area contributed by atoms with Crippen molar-refractivity contribution >= 4 is 0 Å². The lowest BCUT2D eigenvalue weighted by Gasteiger charge is -2.42. The van der Waals surface area contributed by atoms with Crippen molar-refractivity contribution in [2.75, 3.05) is 46.3 Å². The first kappa shape index (κ1) is 16.9. The van der Waals surface area contributed by atoms with Crippen LogP contribution in [0.25, 0.3) is 0 Å². The first-order valence-corrected chi connectivity index (χ1v) is 9.35. The van der Waals surface area contributed by atoms with Crippen LogP contribution in [0.2, 0.25) is 0 Å². The van der Waals surface area contributed by atoms with Gasteiger partial charge in [0.1, 0.15) is 0 Å². The van der Waals surface area contributed by atoms with Gasteiger partial charge in [-0.2, -0.15) is 0 Å². The average molecular weight is 316 g/mol. The molecule has 1 atom stereocenters. The van der Waals surface area contributed by atoms with E-state index < -0.39 is 0 Å². The standard InChI is InChI=1S/C20H33N3/c1-17(2)23-11-9-18(10-12-23)15-22-14-13-21(3)20(16-22)19-7-5-4-6-8-19/h4-8,17-18,20H,9-16H2,1-3H3. The number of piperidine rings is 1. The number of rotatable bonds is 4. The van der Waals surface area contributed by atoms with Gasteiger partial charge < -0.3 is 4.90 Å². The third-order valence-corrected chi connectivity index (χ3v) is 5.81. The largest absolute Gasteiger partial charge is 0.301 e. The zero-order chi connectivity index (χ0) is 16.2. The molecule has 0 aromatic heterocycles. The molecule has 3 heteroatoms. The van der Waals surface area contributed by atoms with Gasteiger partial charge in [-0.3, -0.25) is 9.80 Å². The summed E-state index contributed by atoms with van der Waals surface area (Å²) in [5.74, 6) is 0.893. The van der Waals surface area contributed by atoms with E-state index >= 15 is 0 Å². The van der Waals surface area contributed by atoms with Crippen LogP contribution in [0, 0.1) is 5.92 Å². The summed E-state index contributed by atoms with van der Waals surface area (Å²) in [5.41, 5.74) is 1.47. The predicted octanol–water partition coefficient (Wildman–Crippen LogP) is 3.10. The molecule has 2 heterocycles. The molecule has 3 nitrogen and oxygen atoms in total. The number of hydrogen-bond donors (Lipinski definition) is 0. The second-order valence-electron chi connectivity index (χ2n) is 7.74. The lowest BCUT2D eigenvalue weighted by molar-refractivity contribution is 0.0648. The molecule has 0 N–H and O–H groups in total. The Balaban J connectivity index is 1.53. The summed E-state index contributed by atoms with van der Waals surface area (Å²) in [5, 5.41) is 0. The Bertz CT molecular complexity index is 465. The monoisotopic (exact) mass is 315 g/mol. The van der Waals surface area contributed by atoms with Gasteiger partial charge in [-0.15, -0.1) is 0 Å². The van der Waals surface area contributed by atoms with E-state index in [1.54, 1.807) is 0 Å². The van der Waals surface area contributed by atoms with Gasteiger partial charge in [-0.25, -0.2) is 0 Å². The number of benzene rings is 1. The molecular weight excluding hydrogens is 282 g/mol. The van der Waals surface area contributed by atoms with Crippen LogP contribution in [0.15, 0.2) is 30.3 Å². The number of likely N-dealkylation sites (N-methyl/N-ethyl adjacent to an activating group) is 1. The third kappa shape index (κ3) is 4.34. The molecule has 2 saturated heterocycles. The molecule has 23 heavy (non-hydrogen) atoms. The smallest absolute Gasteiger partial charge is 0.0472 e. The summed E-state index contributed by atoms with van der Waals surface area (Å²) in [4.78, 5) is 7.87. The highest BCUT2D eigenvalue weighted by molar-refractivity contribution is 5.20. The van der Waals surface area contributed by atoms with E-state index in [0.29, 0.717) is 12.1 Å².